The van der Waals surface area contributed by atoms with Crippen LogP contribution in [-0.4, -0.2) is 46.1 Å². The maximum absolute atomic E-state index is 13.5. The number of para-hydroxylation sites is 1. The van der Waals surface area contributed by atoms with Crippen LogP contribution in [0.4, 0.5) is 21.0 Å². The van der Waals surface area contributed by atoms with Crippen LogP contribution in [0, 0.1) is 0 Å². The molecule has 9 nitrogen and oxygen atoms in total. The molecule has 0 saturated carbocycles. The normalized spacial score (nSPS) is 15.6. The first-order valence-electron chi connectivity index (χ1n) is 13.2. The van der Waals surface area contributed by atoms with Crippen LogP contribution in [0.1, 0.15) is 84.7 Å². The molecule has 0 aromatic heterocycles. The fourth-order valence-corrected chi connectivity index (χ4v) is 4.13. The molecule has 0 saturated heterocycles. The number of rotatable bonds is 3. The van der Waals surface area contributed by atoms with Crippen LogP contribution < -0.4 is 10.3 Å². The van der Waals surface area contributed by atoms with E-state index in [0.29, 0.717) is 18.4 Å². The molecule has 1 atom stereocenters. The highest BCUT2D eigenvalue weighted by molar-refractivity contribution is 5.90. The van der Waals surface area contributed by atoms with Gasteiger partial charge in [-0.1, -0.05) is 18.2 Å². The number of benzene rings is 2. The molecule has 0 spiro atoms. The molecule has 1 N–H and O–H groups in total. The lowest BCUT2D eigenvalue weighted by atomic mass is 9.98. The molecule has 2 aromatic carbocycles. The number of hydrogen-bond donors (Lipinski definition) is 1. The minimum absolute atomic E-state index is 0.409. The van der Waals surface area contributed by atoms with Gasteiger partial charge in [-0.3, -0.25) is 0 Å². The highest BCUT2D eigenvalue weighted by Crippen LogP contribution is 2.38. The molecule has 0 bridgehead atoms. The Bertz CT molecular complexity index is 1190. The van der Waals surface area contributed by atoms with Crippen LogP contribution in [0.2, 0.25) is 0 Å². The molecule has 0 aliphatic carbocycles. The average Bonchev–Trinajstić information content (AvgIpc) is 2.78. The summed E-state index contributed by atoms with van der Waals surface area (Å²) < 4.78 is 16.6. The second-order valence-electron chi connectivity index (χ2n) is 12.5. The van der Waals surface area contributed by atoms with Gasteiger partial charge in [0.05, 0.1) is 5.56 Å². The Labute approximate surface area is 231 Å². The number of hydrazine groups is 1. The first-order chi connectivity index (χ1) is 17.9. The van der Waals surface area contributed by atoms with Gasteiger partial charge in [-0.2, -0.15) is 5.01 Å². The SMILES string of the molecule is CC(C)(C)OC(=O)NN(C(=O)OC(C)(C)C)C1CCc2ccccc2N1c1ccc(C(=O)OC(C)(C)C)cc1. The third kappa shape index (κ3) is 8.37. The maximum Gasteiger partial charge on any atom is 0.431 e. The molecule has 0 fully saturated rings. The van der Waals surface area contributed by atoms with Crippen LogP contribution in [0.5, 0.6) is 0 Å². The molecule has 39 heavy (non-hydrogen) atoms. The van der Waals surface area contributed by atoms with E-state index < -0.39 is 41.1 Å². The quantitative estimate of drug-likeness (QED) is 0.262. The Kier molecular flexibility index (Phi) is 8.53. The highest BCUT2D eigenvalue weighted by Gasteiger charge is 2.38. The van der Waals surface area contributed by atoms with Crippen LogP contribution in [0.15, 0.2) is 48.5 Å². The van der Waals surface area contributed by atoms with E-state index in [4.69, 9.17) is 14.2 Å². The molecular weight excluding hydrogens is 498 g/mol. The van der Waals surface area contributed by atoms with Gasteiger partial charge in [-0.15, -0.1) is 0 Å². The molecule has 2 aromatic rings. The number of aryl methyl sites for hydroxylation is 1. The van der Waals surface area contributed by atoms with Crippen molar-refractivity contribution in [3.05, 3.63) is 59.7 Å². The van der Waals surface area contributed by atoms with Crippen molar-refractivity contribution in [3.63, 3.8) is 0 Å². The summed E-state index contributed by atoms with van der Waals surface area (Å²) >= 11 is 0. The van der Waals surface area contributed by atoms with E-state index in [1.165, 1.54) is 5.01 Å². The number of carbonyl (C=O) groups is 3. The fraction of sp³-hybridized carbons (Fsp3) is 0.500. The van der Waals surface area contributed by atoms with Gasteiger partial charge < -0.3 is 19.1 Å². The van der Waals surface area contributed by atoms with Gasteiger partial charge in [0.2, 0.25) is 0 Å². The molecule has 1 unspecified atom stereocenters. The van der Waals surface area contributed by atoms with E-state index in [1.807, 2.05) is 49.9 Å². The summed E-state index contributed by atoms with van der Waals surface area (Å²) in [6.07, 6.45) is -0.960. The van der Waals surface area contributed by atoms with Gasteiger partial charge >= 0.3 is 18.2 Å². The number of amides is 2. The molecule has 212 valence electrons. The van der Waals surface area contributed by atoms with E-state index in [1.54, 1.807) is 65.8 Å². The largest absolute Gasteiger partial charge is 0.456 e. The summed E-state index contributed by atoms with van der Waals surface area (Å²) in [5, 5.41) is 1.19. The van der Waals surface area contributed by atoms with E-state index in [-0.39, 0.29) is 0 Å². The van der Waals surface area contributed by atoms with Gasteiger partial charge in [0.15, 0.2) is 0 Å². The standard InChI is InChI=1S/C30H41N3O6/c1-28(2,3)37-25(34)21-14-17-22(18-15-21)32-23-13-11-10-12-20(23)16-19-24(32)33(27(36)39-30(7,8)9)31-26(35)38-29(4,5)6/h10-15,17-18,24H,16,19H2,1-9H3,(H,31,35). The van der Waals surface area contributed by atoms with Crippen molar-refractivity contribution in [3.8, 4) is 0 Å². The number of nitrogens with zero attached hydrogens (tertiary/aromatic N) is 2. The highest BCUT2D eigenvalue weighted by atomic mass is 16.6. The predicted molar refractivity (Wildman–Crippen MR) is 150 cm³/mol. The number of fused-ring (bicyclic) bond motifs is 1. The summed E-state index contributed by atoms with van der Waals surface area (Å²) in [5.74, 6) is -0.424. The van der Waals surface area contributed by atoms with Crippen molar-refractivity contribution >= 4 is 29.5 Å². The second-order valence-corrected chi connectivity index (χ2v) is 12.5. The lowest BCUT2D eigenvalue weighted by Gasteiger charge is -2.44. The van der Waals surface area contributed by atoms with E-state index in [0.717, 1.165) is 16.9 Å². The number of esters is 1. The summed E-state index contributed by atoms with van der Waals surface area (Å²) in [7, 11) is 0. The van der Waals surface area contributed by atoms with Gasteiger partial charge in [-0.25, -0.2) is 19.8 Å². The van der Waals surface area contributed by atoms with Gasteiger partial charge in [-0.05, 0) is 111 Å². The zero-order valence-corrected chi connectivity index (χ0v) is 24.5. The fourth-order valence-electron chi connectivity index (χ4n) is 4.13. The Morgan fingerprint density at radius 2 is 1.36 bits per heavy atom. The zero-order chi connectivity index (χ0) is 29.2. The molecule has 3 rings (SSSR count). The average molecular weight is 540 g/mol. The molecule has 2 amide bonds. The summed E-state index contributed by atoms with van der Waals surface area (Å²) in [4.78, 5) is 40.9. The maximum atomic E-state index is 13.5. The molecular formula is C30H41N3O6. The van der Waals surface area contributed by atoms with Crippen LogP contribution in [-0.2, 0) is 20.6 Å². The number of anilines is 2. The first kappa shape index (κ1) is 29.8. The van der Waals surface area contributed by atoms with Gasteiger partial charge in [0, 0.05) is 11.4 Å². The smallest absolute Gasteiger partial charge is 0.431 e. The van der Waals surface area contributed by atoms with Crippen molar-refractivity contribution in [2.45, 2.75) is 98.1 Å². The Hall–Kier alpha value is -3.75. The zero-order valence-electron chi connectivity index (χ0n) is 24.5. The minimum atomic E-state index is -0.794. The summed E-state index contributed by atoms with van der Waals surface area (Å²) in [6.45, 7) is 16.0. The second kappa shape index (κ2) is 11.2. The molecule has 0 radical (unpaired) electrons. The van der Waals surface area contributed by atoms with Crippen molar-refractivity contribution in [1.29, 1.82) is 0 Å². The Morgan fingerprint density at radius 1 is 0.795 bits per heavy atom. The molecule has 1 aliphatic rings. The predicted octanol–water partition coefficient (Wildman–Crippen LogP) is 6.73. The van der Waals surface area contributed by atoms with Gasteiger partial charge in [0.1, 0.15) is 23.0 Å². The van der Waals surface area contributed by atoms with E-state index in [9.17, 15) is 14.4 Å². The van der Waals surface area contributed by atoms with Crippen molar-refractivity contribution in [2.75, 3.05) is 4.90 Å². The van der Waals surface area contributed by atoms with Crippen molar-refractivity contribution in [1.82, 2.24) is 10.4 Å². The Morgan fingerprint density at radius 3 is 1.92 bits per heavy atom. The topological polar surface area (TPSA) is 97.4 Å². The van der Waals surface area contributed by atoms with Crippen LogP contribution in [0.3, 0.4) is 0 Å². The lowest BCUT2D eigenvalue weighted by Crippen LogP contribution is -2.60. The third-order valence-corrected chi connectivity index (χ3v) is 5.50. The van der Waals surface area contributed by atoms with Gasteiger partial charge in [0.25, 0.3) is 0 Å². The number of hydrogen-bond acceptors (Lipinski definition) is 7. The van der Waals surface area contributed by atoms with Crippen LogP contribution >= 0.6 is 0 Å². The monoisotopic (exact) mass is 539 g/mol. The number of carbonyl (C=O) groups excluding carboxylic acids is 3. The molecule has 9 heteroatoms. The third-order valence-electron chi connectivity index (χ3n) is 5.50. The molecule has 1 aliphatic heterocycles. The summed E-state index contributed by atoms with van der Waals surface area (Å²) in [5.41, 5.74) is 3.55. The first-order valence-corrected chi connectivity index (χ1v) is 13.2. The van der Waals surface area contributed by atoms with Crippen LogP contribution in [0.25, 0.3) is 0 Å². The van der Waals surface area contributed by atoms with Crippen molar-refractivity contribution in [2.24, 2.45) is 0 Å². The summed E-state index contributed by atoms with van der Waals surface area (Å²) in [6, 6.07) is 14.9. The number of nitrogens with one attached hydrogen (secondary N) is 1. The van der Waals surface area contributed by atoms with E-state index in [2.05, 4.69) is 5.43 Å². The molecule has 1 heterocycles. The minimum Gasteiger partial charge on any atom is -0.456 e. The Balaban J connectivity index is 2.04. The number of ether oxygens (including phenoxy) is 3. The lowest BCUT2D eigenvalue weighted by molar-refractivity contribution is -0.0102. The van der Waals surface area contributed by atoms with Crippen molar-refractivity contribution < 1.29 is 28.6 Å². The van der Waals surface area contributed by atoms with E-state index >= 15 is 0 Å².